The number of benzene rings is 1. The highest BCUT2D eigenvalue weighted by Crippen LogP contribution is 2.41. The van der Waals surface area contributed by atoms with Crippen molar-refractivity contribution in [3.63, 3.8) is 0 Å². The van der Waals surface area contributed by atoms with E-state index in [1.165, 1.54) is 49.9 Å². The number of piperazine rings is 1. The zero-order valence-electron chi connectivity index (χ0n) is 14.2. The van der Waals surface area contributed by atoms with Gasteiger partial charge in [0, 0.05) is 32.2 Å². The van der Waals surface area contributed by atoms with Gasteiger partial charge in [0.05, 0.1) is 7.11 Å². The predicted octanol–water partition coefficient (Wildman–Crippen LogP) is 3.98. The number of aryl methyl sites for hydroxylation is 1. The number of halogens is 2. The van der Waals surface area contributed by atoms with Crippen LogP contribution in [-0.2, 0) is 0 Å². The largest absolute Gasteiger partial charge is 0.497 e. The summed E-state index contributed by atoms with van der Waals surface area (Å²) in [6.07, 6.45) is 5.59. The summed E-state index contributed by atoms with van der Waals surface area (Å²) in [6, 6.07) is 7.23. The maximum absolute atomic E-state index is 5.38. The highest BCUT2D eigenvalue weighted by Gasteiger charge is 2.32. The molecule has 3 nitrogen and oxygen atoms in total. The fraction of sp³-hybridized carbons (Fsp3) is 0.667. The molecule has 1 N–H and O–H groups in total. The number of ether oxygens (including phenoxy) is 1. The predicted molar refractivity (Wildman–Crippen MR) is 101 cm³/mol. The lowest BCUT2D eigenvalue weighted by molar-refractivity contribution is 0.125. The van der Waals surface area contributed by atoms with Crippen molar-refractivity contribution in [2.24, 2.45) is 5.92 Å². The fourth-order valence-corrected chi connectivity index (χ4v) is 4.09. The summed E-state index contributed by atoms with van der Waals surface area (Å²) in [4.78, 5) is 2.71. The molecule has 0 unspecified atom stereocenters. The van der Waals surface area contributed by atoms with Crippen LogP contribution in [0, 0.1) is 12.8 Å². The maximum Gasteiger partial charge on any atom is 0.119 e. The molecule has 1 aromatic rings. The van der Waals surface area contributed by atoms with Crippen molar-refractivity contribution in [3.8, 4) is 5.75 Å². The van der Waals surface area contributed by atoms with E-state index in [0.717, 1.165) is 24.8 Å². The van der Waals surface area contributed by atoms with Gasteiger partial charge in [-0.25, -0.2) is 0 Å². The van der Waals surface area contributed by atoms with Crippen molar-refractivity contribution >= 4 is 24.8 Å². The highest BCUT2D eigenvalue weighted by molar-refractivity contribution is 5.85. The summed E-state index contributed by atoms with van der Waals surface area (Å²) in [5.41, 5.74) is 2.90. The van der Waals surface area contributed by atoms with E-state index in [4.69, 9.17) is 4.74 Å². The first-order valence-electron chi connectivity index (χ1n) is 8.39. The van der Waals surface area contributed by atoms with Crippen molar-refractivity contribution in [2.45, 2.75) is 38.6 Å². The molecular weight excluding hydrogens is 331 g/mol. The Labute approximate surface area is 153 Å². The monoisotopic (exact) mass is 360 g/mol. The summed E-state index contributed by atoms with van der Waals surface area (Å²) >= 11 is 0. The van der Waals surface area contributed by atoms with Crippen LogP contribution in [0.25, 0.3) is 0 Å². The van der Waals surface area contributed by atoms with Crippen LogP contribution in [0.15, 0.2) is 18.2 Å². The molecule has 1 aromatic carbocycles. The van der Waals surface area contributed by atoms with Crippen LogP contribution in [0.4, 0.5) is 0 Å². The summed E-state index contributed by atoms with van der Waals surface area (Å²) < 4.78 is 5.38. The molecule has 3 rings (SSSR count). The number of nitrogens with one attached hydrogen (secondary N) is 1. The van der Waals surface area contributed by atoms with Gasteiger partial charge in [-0.1, -0.05) is 18.9 Å². The van der Waals surface area contributed by atoms with Gasteiger partial charge >= 0.3 is 0 Å². The quantitative estimate of drug-likeness (QED) is 0.878. The molecule has 0 amide bonds. The van der Waals surface area contributed by atoms with Crippen LogP contribution in [0.5, 0.6) is 5.75 Å². The Morgan fingerprint density at radius 1 is 1.13 bits per heavy atom. The van der Waals surface area contributed by atoms with Crippen LogP contribution in [0.2, 0.25) is 0 Å². The normalized spacial score (nSPS) is 20.4. The topological polar surface area (TPSA) is 24.5 Å². The molecule has 1 saturated carbocycles. The van der Waals surface area contributed by atoms with Crippen molar-refractivity contribution in [3.05, 3.63) is 29.3 Å². The van der Waals surface area contributed by atoms with Crippen LogP contribution in [-0.4, -0.2) is 38.2 Å². The van der Waals surface area contributed by atoms with E-state index in [9.17, 15) is 0 Å². The third kappa shape index (κ3) is 4.76. The van der Waals surface area contributed by atoms with Gasteiger partial charge in [-0.3, -0.25) is 4.90 Å². The molecule has 5 heteroatoms. The fourth-order valence-electron chi connectivity index (χ4n) is 4.09. The van der Waals surface area contributed by atoms with Gasteiger partial charge in [-0.15, -0.1) is 24.8 Å². The number of methoxy groups -OCH3 is 1. The SMILES string of the molecule is COc1ccc([C@@H](C2CCCC2)N2CCNCC2)c(C)c1.Cl.Cl. The smallest absolute Gasteiger partial charge is 0.119 e. The molecule has 1 atom stereocenters. The molecule has 2 fully saturated rings. The van der Waals surface area contributed by atoms with Gasteiger partial charge in [-0.05, 0) is 48.9 Å². The number of hydrogen-bond donors (Lipinski definition) is 1. The van der Waals surface area contributed by atoms with E-state index < -0.39 is 0 Å². The van der Waals surface area contributed by atoms with Crippen molar-refractivity contribution in [1.29, 1.82) is 0 Å². The van der Waals surface area contributed by atoms with E-state index >= 15 is 0 Å². The second-order valence-corrected chi connectivity index (χ2v) is 6.50. The molecular formula is C18H30Cl2N2O. The van der Waals surface area contributed by atoms with Crippen molar-refractivity contribution in [2.75, 3.05) is 33.3 Å². The molecule has 0 radical (unpaired) electrons. The van der Waals surface area contributed by atoms with Crippen LogP contribution in [0.1, 0.15) is 42.9 Å². The Morgan fingerprint density at radius 3 is 2.35 bits per heavy atom. The molecule has 0 bridgehead atoms. The van der Waals surface area contributed by atoms with E-state index in [1.807, 2.05) is 0 Å². The zero-order chi connectivity index (χ0) is 14.7. The Bertz CT molecular complexity index is 472. The van der Waals surface area contributed by atoms with E-state index in [0.29, 0.717) is 6.04 Å². The summed E-state index contributed by atoms with van der Waals surface area (Å²) in [5.74, 6) is 1.80. The number of nitrogens with zero attached hydrogens (tertiary/aromatic N) is 1. The molecule has 1 aliphatic carbocycles. The third-order valence-corrected chi connectivity index (χ3v) is 5.19. The van der Waals surface area contributed by atoms with Gasteiger partial charge in [0.2, 0.25) is 0 Å². The van der Waals surface area contributed by atoms with Gasteiger partial charge in [-0.2, -0.15) is 0 Å². The van der Waals surface area contributed by atoms with Crippen LogP contribution in [0.3, 0.4) is 0 Å². The lowest BCUT2D eigenvalue weighted by atomic mass is 9.87. The minimum absolute atomic E-state index is 0. The van der Waals surface area contributed by atoms with Crippen molar-refractivity contribution < 1.29 is 4.74 Å². The zero-order valence-corrected chi connectivity index (χ0v) is 15.8. The first-order chi connectivity index (χ1) is 10.3. The molecule has 2 aliphatic rings. The summed E-state index contributed by atoms with van der Waals surface area (Å²) in [5, 5.41) is 3.48. The average molecular weight is 361 g/mol. The van der Waals surface area contributed by atoms with E-state index in [2.05, 4.69) is 35.3 Å². The maximum atomic E-state index is 5.38. The molecule has 1 saturated heterocycles. The molecule has 0 spiro atoms. The van der Waals surface area contributed by atoms with Gasteiger partial charge in [0.15, 0.2) is 0 Å². The van der Waals surface area contributed by atoms with Gasteiger partial charge in [0.1, 0.15) is 5.75 Å². The molecule has 0 aromatic heterocycles. The van der Waals surface area contributed by atoms with E-state index in [1.54, 1.807) is 7.11 Å². The summed E-state index contributed by atoms with van der Waals surface area (Å²) in [6.45, 7) is 6.83. The molecule has 23 heavy (non-hydrogen) atoms. The Balaban J connectivity index is 0.00000132. The highest BCUT2D eigenvalue weighted by atomic mass is 35.5. The lowest BCUT2D eigenvalue weighted by Gasteiger charge is -2.39. The van der Waals surface area contributed by atoms with Crippen LogP contribution < -0.4 is 10.1 Å². The van der Waals surface area contributed by atoms with Crippen LogP contribution >= 0.6 is 24.8 Å². The summed E-state index contributed by atoms with van der Waals surface area (Å²) in [7, 11) is 1.75. The lowest BCUT2D eigenvalue weighted by Crippen LogP contribution is -2.46. The first kappa shape index (κ1) is 20.6. The second kappa shape index (κ2) is 9.73. The first-order valence-corrected chi connectivity index (χ1v) is 8.39. The molecule has 132 valence electrons. The minimum Gasteiger partial charge on any atom is -0.497 e. The standard InChI is InChI=1S/C18H28N2O.2ClH/c1-14-13-16(21-2)7-8-17(14)18(15-5-3-4-6-15)20-11-9-19-10-12-20;;/h7-8,13,15,18-19H,3-6,9-12H2,1-2H3;2*1H/t18-;;/m1../s1. The van der Waals surface area contributed by atoms with Gasteiger partial charge in [0.25, 0.3) is 0 Å². The minimum atomic E-state index is 0. The van der Waals surface area contributed by atoms with Gasteiger partial charge < -0.3 is 10.1 Å². The molecule has 1 aliphatic heterocycles. The Hall–Kier alpha value is -0.480. The number of rotatable bonds is 4. The van der Waals surface area contributed by atoms with E-state index in [-0.39, 0.29) is 24.8 Å². The Morgan fingerprint density at radius 2 is 1.78 bits per heavy atom. The third-order valence-electron chi connectivity index (χ3n) is 5.19. The van der Waals surface area contributed by atoms with Crippen molar-refractivity contribution in [1.82, 2.24) is 10.2 Å². The molecule has 1 heterocycles. The second-order valence-electron chi connectivity index (χ2n) is 6.50. The Kier molecular flexibility index (Phi) is 8.70. The average Bonchev–Trinajstić information content (AvgIpc) is 3.04. The number of hydrogen-bond acceptors (Lipinski definition) is 3.